The Morgan fingerprint density at radius 3 is 2.19 bits per heavy atom. The molecule has 1 amide bonds. The van der Waals surface area contributed by atoms with Gasteiger partial charge in [-0.3, -0.25) is 9.59 Å². The minimum atomic E-state index is -0.407. The molecule has 3 aromatic carbocycles. The first-order valence-electron chi connectivity index (χ1n) is 10.2. The zero-order valence-electron chi connectivity index (χ0n) is 17.8. The number of hydrogen-bond donors (Lipinski definition) is 1. The molecular weight excluding hydrogens is 410 g/mol. The third kappa shape index (κ3) is 4.83. The lowest BCUT2D eigenvalue weighted by molar-refractivity contribution is -0.118. The molecule has 4 rings (SSSR count). The summed E-state index contributed by atoms with van der Waals surface area (Å²) in [5.74, 6) is 1.53. The van der Waals surface area contributed by atoms with Gasteiger partial charge in [0.1, 0.15) is 24.7 Å². The van der Waals surface area contributed by atoms with Crippen molar-refractivity contribution in [3.63, 3.8) is 0 Å². The van der Waals surface area contributed by atoms with Crippen LogP contribution in [-0.4, -0.2) is 38.6 Å². The van der Waals surface area contributed by atoms with Crippen LogP contribution in [0.1, 0.15) is 21.5 Å². The number of anilines is 1. The van der Waals surface area contributed by atoms with Gasteiger partial charge in [0.2, 0.25) is 0 Å². The fourth-order valence-electron chi connectivity index (χ4n) is 3.25. The average Bonchev–Trinajstić information content (AvgIpc) is 2.82. The molecule has 1 aliphatic heterocycles. The van der Waals surface area contributed by atoms with E-state index in [0.29, 0.717) is 53.0 Å². The molecular formula is C25H23NO6. The maximum Gasteiger partial charge on any atom is 0.262 e. The number of fused-ring (bicyclic) bond motifs is 1. The highest BCUT2D eigenvalue weighted by Gasteiger charge is 2.22. The van der Waals surface area contributed by atoms with E-state index in [-0.39, 0.29) is 12.4 Å². The normalized spacial score (nSPS) is 12.1. The lowest BCUT2D eigenvalue weighted by atomic mass is 9.99. The summed E-state index contributed by atoms with van der Waals surface area (Å²) in [7, 11) is 1.58. The molecule has 1 heterocycles. The van der Waals surface area contributed by atoms with E-state index in [9.17, 15) is 9.59 Å². The Morgan fingerprint density at radius 1 is 0.906 bits per heavy atom. The molecule has 0 bridgehead atoms. The van der Waals surface area contributed by atoms with Gasteiger partial charge in [-0.05, 0) is 37.3 Å². The third-order valence-corrected chi connectivity index (χ3v) is 4.94. The number of rotatable bonds is 7. The summed E-state index contributed by atoms with van der Waals surface area (Å²) >= 11 is 0. The van der Waals surface area contributed by atoms with Crippen molar-refractivity contribution in [2.75, 3.05) is 32.2 Å². The molecule has 0 spiro atoms. The number of carbonyl (C=O) groups is 2. The van der Waals surface area contributed by atoms with Crippen molar-refractivity contribution >= 4 is 17.4 Å². The summed E-state index contributed by atoms with van der Waals surface area (Å²) in [6, 6.07) is 17.4. The van der Waals surface area contributed by atoms with Gasteiger partial charge >= 0.3 is 0 Å². The molecule has 0 radical (unpaired) electrons. The van der Waals surface area contributed by atoms with Gasteiger partial charge in [-0.25, -0.2) is 0 Å². The second kappa shape index (κ2) is 9.43. The smallest absolute Gasteiger partial charge is 0.262 e. The first-order valence-corrected chi connectivity index (χ1v) is 10.2. The molecule has 0 saturated carbocycles. The van der Waals surface area contributed by atoms with Crippen LogP contribution in [0.5, 0.6) is 23.0 Å². The maximum atomic E-state index is 13.2. The number of methoxy groups -OCH3 is 1. The van der Waals surface area contributed by atoms with E-state index >= 15 is 0 Å². The molecule has 1 N–H and O–H groups in total. The summed E-state index contributed by atoms with van der Waals surface area (Å²) < 4.78 is 21.9. The number of ketones is 1. The summed E-state index contributed by atoms with van der Waals surface area (Å²) in [5, 5.41) is 2.77. The van der Waals surface area contributed by atoms with Gasteiger partial charge in [0, 0.05) is 11.6 Å². The van der Waals surface area contributed by atoms with Crippen molar-refractivity contribution in [1.82, 2.24) is 0 Å². The van der Waals surface area contributed by atoms with Crippen molar-refractivity contribution in [1.29, 1.82) is 0 Å². The lowest BCUT2D eigenvalue weighted by Gasteiger charge is -2.21. The van der Waals surface area contributed by atoms with Crippen molar-refractivity contribution in [3.8, 4) is 23.0 Å². The van der Waals surface area contributed by atoms with Gasteiger partial charge in [-0.2, -0.15) is 0 Å². The molecule has 164 valence electrons. The van der Waals surface area contributed by atoms with Crippen LogP contribution in [0.15, 0.2) is 60.7 Å². The minimum Gasteiger partial charge on any atom is -0.497 e. The second-order valence-corrected chi connectivity index (χ2v) is 7.25. The van der Waals surface area contributed by atoms with E-state index in [2.05, 4.69) is 5.32 Å². The van der Waals surface area contributed by atoms with Crippen LogP contribution >= 0.6 is 0 Å². The van der Waals surface area contributed by atoms with Crippen LogP contribution in [0, 0.1) is 6.92 Å². The number of hydrogen-bond acceptors (Lipinski definition) is 6. The predicted octanol–water partition coefficient (Wildman–Crippen LogP) is 4.02. The average molecular weight is 433 g/mol. The second-order valence-electron chi connectivity index (χ2n) is 7.25. The Bertz CT molecular complexity index is 1120. The van der Waals surface area contributed by atoms with Gasteiger partial charge in [-0.15, -0.1) is 0 Å². The topological polar surface area (TPSA) is 83.1 Å². The molecule has 0 saturated heterocycles. The molecule has 7 nitrogen and oxygen atoms in total. The molecule has 0 fully saturated rings. The molecule has 0 aromatic heterocycles. The standard InChI is InChI=1S/C25H23NO6/c1-16-3-5-17(6-4-16)25(28)20-13-22-23(31-12-11-30-22)14-21(20)26-24(27)15-32-19-9-7-18(29-2)8-10-19/h3-10,13-14H,11-12,15H2,1-2H3,(H,26,27). The van der Waals surface area contributed by atoms with Crippen LogP contribution in [0.2, 0.25) is 0 Å². The van der Waals surface area contributed by atoms with Gasteiger partial charge < -0.3 is 24.3 Å². The summed E-state index contributed by atoms with van der Waals surface area (Å²) in [4.78, 5) is 25.8. The van der Waals surface area contributed by atoms with E-state index < -0.39 is 5.91 Å². The highest BCUT2D eigenvalue weighted by atomic mass is 16.6. The zero-order valence-corrected chi connectivity index (χ0v) is 17.8. The first kappa shape index (κ1) is 21.2. The Morgan fingerprint density at radius 2 is 1.53 bits per heavy atom. The molecule has 1 aliphatic rings. The predicted molar refractivity (Wildman–Crippen MR) is 119 cm³/mol. The van der Waals surface area contributed by atoms with E-state index in [1.54, 1.807) is 55.6 Å². The zero-order chi connectivity index (χ0) is 22.5. The van der Waals surface area contributed by atoms with Crippen molar-refractivity contribution < 1.29 is 28.5 Å². The van der Waals surface area contributed by atoms with Crippen molar-refractivity contribution in [2.45, 2.75) is 6.92 Å². The summed E-state index contributed by atoms with van der Waals surface area (Å²) in [5.41, 5.74) is 2.21. The van der Waals surface area contributed by atoms with Crippen molar-refractivity contribution in [2.24, 2.45) is 0 Å². The Labute approximate surface area is 185 Å². The summed E-state index contributed by atoms with van der Waals surface area (Å²) in [6.45, 7) is 2.52. The van der Waals surface area contributed by atoms with Gasteiger partial charge in [0.15, 0.2) is 23.9 Å². The lowest BCUT2D eigenvalue weighted by Crippen LogP contribution is -2.23. The largest absolute Gasteiger partial charge is 0.497 e. The van der Waals surface area contributed by atoms with Crippen LogP contribution in [-0.2, 0) is 4.79 Å². The third-order valence-electron chi connectivity index (χ3n) is 4.94. The van der Waals surface area contributed by atoms with Crippen LogP contribution in [0.25, 0.3) is 0 Å². The number of benzene rings is 3. The van der Waals surface area contributed by atoms with Crippen LogP contribution < -0.4 is 24.3 Å². The maximum absolute atomic E-state index is 13.2. The van der Waals surface area contributed by atoms with E-state index in [0.717, 1.165) is 5.56 Å². The Hall–Kier alpha value is -4.00. The van der Waals surface area contributed by atoms with Gasteiger partial charge in [0.05, 0.1) is 18.4 Å². The molecule has 0 unspecified atom stereocenters. The highest BCUT2D eigenvalue weighted by Crippen LogP contribution is 2.36. The number of ether oxygens (including phenoxy) is 4. The molecule has 7 heteroatoms. The Kier molecular flexibility index (Phi) is 6.26. The van der Waals surface area contributed by atoms with Crippen molar-refractivity contribution in [3.05, 3.63) is 77.4 Å². The number of carbonyl (C=O) groups excluding carboxylic acids is 2. The van der Waals surface area contributed by atoms with Gasteiger partial charge in [0.25, 0.3) is 5.91 Å². The molecule has 32 heavy (non-hydrogen) atoms. The fraction of sp³-hybridized carbons (Fsp3) is 0.200. The number of aryl methyl sites for hydroxylation is 1. The van der Waals surface area contributed by atoms with E-state index in [1.807, 2.05) is 19.1 Å². The monoisotopic (exact) mass is 433 g/mol. The summed E-state index contributed by atoms with van der Waals surface area (Å²) in [6.07, 6.45) is 0. The Balaban J connectivity index is 1.55. The first-order chi connectivity index (χ1) is 15.5. The molecule has 3 aromatic rings. The van der Waals surface area contributed by atoms with Crippen LogP contribution in [0.4, 0.5) is 5.69 Å². The minimum absolute atomic E-state index is 0.223. The van der Waals surface area contributed by atoms with E-state index in [4.69, 9.17) is 18.9 Å². The molecule has 0 aliphatic carbocycles. The molecule has 0 atom stereocenters. The van der Waals surface area contributed by atoms with E-state index in [1.165, 1.54) is 0 Å². The fourth-order valence-corrected chi connectivity index (χ4v) is 3.25. The number of amides is 1. The highest BCUT2D eigenvalue weighted by molar-refractivity contribution is 6.14. The van der Waals surface area contributed by atoms with Crippen LogP contribution in [0.3, 0.4) is 0 Å². The SMILES string of the molecule is COc1ccc(OCC(=O)Nc2cc3c(cc2C(=O)c2ccc(C)cc2)OCCO3)cc1. The quantitative estimate of drug-likeness (QED) is 0.567. The van der Waals surface area contributed by atoms with Gasteiger partial charge in [-0.1, -0.05) is 29.8 Å². The number of nitrogens with one attached hydrogen (secondary N) is 1.